The maximum atomic E-state index is 12.0. The molecule has 0 atom stereocenters. The van der Waals surface area contributed by atoms with Gasteiger partial charge in [0.2, 0.25) is 5.91 Å². The SMILES string of the molecule is COc1ccccc1OCCC(=O)Nc1cccc(CCC(=O)O)c1. The predicted molar refractivity (Wildman–Crippen MR) is 94.1 cm³/mol. The van der Waals surface area contributed by atoms with Crippen molar-refractivity contribution >= 4 is 17.6 Å². The van der Waals surface area contributed by atoms with Crippen molar-refractivity contribution in [1.82, 2.24) is 0 Å². The van der Waals surface area contributed by atoms with Gasteiger partial charge in [0.25, 0.3) is 0 Å². The maximum Gasteiger partial charge on any atom is 0.303 e. The first-order valence-electron chi connectivity index (χ1n) is 7.95. The summed E-state index contributed by atoms with van der Waals surface area (Å²) in [5, 5.41) is 11.5. The standard InChI is InChI=1S/C19H21NO5/c1-24-16-7-2-3-8-17(16)25-12-11-18(21)20-15-6-4-5-14(13-15)9-10-19(22)23/h2-8,13H,9-12H2,1H3,(H,20,21)(H,22,23). The number of carbonyl (C=O) groups excluding carboxylic acids is 1. The van der Waals surface area contributed by atoms with E-state index in [1.165, 1.54) is 0 Å². The summed E-state index contributed by atoms with van der Waals surface area (Å²) in [6.45, 7) is 0.227. The number of hydrogen-bond donors (Lipinski definition) is 2. The highest BCUT2D eigenvalue weighted by atomic mass is 16.5. The summed E-state index contributed by atoms with van der Waals surface area (Å²) in [5.74, 6) is 0.190. The van der Waals surface area contributed by atoms with E-state index in [1.54, 1.807) is 37.4 Å². The number of carboxylic acids is 1. The molecule has 0 unspecified atom stereocenters. The van der Waals surface area contributed by atoms with E-state index < -0.39 is 5.97 Å². The van der Waals surface area contributed by atoms with Crippen LogP contribution in [0.4, 0.5) is 5.69 Å². The second-order valence-corrected chi connectivity index (χ2v) is 5.39. The van der Waals surface area contributed by atoms with Crippen LogP contribution in [0.2, 0.25) is 0 Å². The minimum Gasteiger partial charge on any atom is -0.493 e. The molecule has 2 rings (SSSR count). The van der Waals surface area contributed by atoms with E-state index in [1.807, 2.05) is 18.2 Å². The fraction of sp³-hybridized carbons (Fsp3) is 0.263. The fourth-order valence-corrected chi connectivity index (χ4v) is 2.27. The van der Waals surface area contributed by atoms with Crippen molar-refractivity contribution in [2.45, 2.75) is 19.3 Å². The van der Waals surface area contributed by atoms with E-state index in [0.29, 0.717) is 23.6 Å². The summed E-state index contributed by atoms with van der Waals surface area (Å²) in [6.07, 6.45) is 0.678. The lowest BCUT2D eigenvalue weighted by atomic mass is 10.1. The zero-order valence-corrected chi connectivity index (χ0v) is 14.0. The van der Waals surface area contributed by atoms with Crippen molar-refractivity contribution in [2.75, 3.05) is 19.0 Å². The van der Waals surface area contributed by atoms with Gasteiger partial charge in [-0.15, -0.1) is 0 Å². The molecule has 0 spiro atoms. The predicted octanol–water partition coefficient (Wildman–Crippen LogP) is 3.12. The molecule has 0 aromatic heterocycles. The topological polar surface area (TPSA) is 84.9 Å². The summed E-state index contributed by atoms with van der Waals surface area (Å²) in [4.78, 5) is 22.6. The number of aryl methyl sites for hydroxylation is 1. The van der Waals surface area contributed by atoms with Gasteiger partial charge in [-0.25, -0.2) is 0 Å². The Morgan fingerprint density at radius 1 is 1.04 bits per heavy atom. The Morgan fingerprint density at radius 3 is 2.52 bits per heavy atom. The zero-order valence-electron chi connectivity index (χ0n) is 14.0. The van der Waals surface area contributed by atoms with Gasteiger partial charge in [-0.3, -0.25) is 9.59 Å². The van der Waals surface area contributed by atoms with E-state index in [0.717, 1.165) is 5.56 Å². The summed E-state index contributed by atoms with van der Waals surface area (Å²) in [6, 6.07) is 14.4. The van der Waals surface area contributed by atoms with Gasteiger partial charge in [0.1, 0.15) is 0 Å². The van der Waals surface area contributed by atoms with Crippen molar-refractivity contribution < 1.29 is 24.2 Å². The lowest BCUT2D eigenvalue weighted by molar-refractivity contribution is -0.137. The van der Waals surface area contributed by atoms with Gasteiger partial charge in [-0.05, 0) is 36.2 Å². The second kappa shape index (κ2) is 9.32. The number of nitrogens with one attached hydrogen (secondary N) is 1. The van der Waals surface area contributed by atoms with Crippen LogP contribution < -0.4 is 14.8 Å². The lowest BCUT2D eigenvalue weighted by Gasteiger charge is -2.10. The normalized spacial score (nSPS) is 10.1. The molecular formula is C19H21NO5. The number of ether oxygens (including phenoxy) is 2. The van der Waals surface area contributed by atoms with Crippen molar-refractivity contribution in [2.24, 2.45) is 0 Å². The first-order chi connectivity index (χ1) is 12.1. The van der Waals surface area contributed by atoms with Crippen molar-refractivity contribution in [3.8, 4) is 11.5 Å². The molecule has 0 aliphatic heterocycles. The molecule has 0 aliphatic carbocycles. The van der Waals surface area contributed by atoms with Crippen LogP contribution >= 0.6 is 0 Å². The number of carboxylic acid groups (broad SMARTS) is 1. The van der Waals surface area contributed by atoms with Gasteiger partial charge in [0.05, 0.1) is 20.1 Å². The van der Waals surface area contributed by atoms with Crippen LogP contribution in [0.15, 0.2) is 48.5 Å². The smallest absolute Gasteiger partial charge is 0.303 e. The zero-order chi connectivity index (χ0) is 18.1. The second-order valence-electron chi connectivity index (χ2n) is 5.39. The van der Waals surface area contributed by atoms with Gasteiger partial charge in [-0.2, -0.15) is 0 Å². The van der Waals surface area contributed by atoms with Crippen LogP contribution in [0.3, 0.4) is 0 Å². The highest BCUT2D eigenvalue weighted by molar-refractivity contribution is 5.90. The minimum atomic E-state index is -0.845. The third kappa shape index (κ3) is 6.18. The van der Waals surface area contributed by atoms with E-state index in [-0.39, 0.29) is 25.4 Å². The molecule has 0 bridgehead atoms. The Morgan fingerprint density at radius 2 is 1.80 bits per heavy atom. The van der Waals surface area contributed by atoms with Crippen LogP contribution in [-0.2, 0) is 16.0 Å². The molecule has 0 heterocycles. The number of methoxy groups -OCH3 is 1. The van der Waals surface area contributed by atoms with Crippen LogP contribution in [0.5, 0.6) is 11.5 Å². The molecule has 0 radical (unpaired) electrons. The number of para-hydroxylation sites is 2. The van der Waals surface area contributed by atoms with Crippen molar-refractivity contribution in [1.29, 1.82) is 0 Å². The third-order valence-corrected chi connectivity index (χ3v) is 3.49. The van der Waals surface area contributed by atoms with Crippen molar-refractivity contribution in [3.05, 3.63) is 54.1 Å². The number of hydrogen-bond acceptors (Lipinski definition) is 4. The molecule has 2 aromatic rings. The molecule has 132 valence electrons. The van der Waals surface area contributed by atoms with E-state index >= 15 is 0 Å². The molecule has 2 aromatic carbocycles. The van der Waals surface area contributed by atoms with E-state index in [4.69, 9.17) is 14.6 Å². The highest BCUT2D eigenvalue weighted by Gasteiger charge is 2.07. The number of amides is 1. The first-order valence-corrected chi connectivity index (χ1v) is 7.95. The van der Waals surface area contributed by atoms with Gasteiger partial charge in [0, 0.05) is 12.1 Å². The molecule has 0 saturated heterocycles. The third-order valence-electron chi connectivity index (χ3n) is 3.49. The molecular weight excluding hydrogens is 322 g/mol. The molecule has 1 amide bonds. The van der Waals surface area contributed by atoms with E-state index in [9.17, 15) is 9.59 Å². The average molecular weight is 343 g/mol. The van der Waals surface area contributed by atoms with Crippen LogP contribution in [-0.4, -0.2) is 30.7 Å². The number of aliphatic carboxylic acids is 1. The minimum absolute atomic E-state index is 0.0597. The summed E-state index contributed by atoms with van der Waals surface area (Å²) >= 11 is 0. The number of rotatable bonds is 9. The molecule has 0 fully saturated rings. The molecule has 25 heavy (non-hydrogen) atoms. The summed E-state index contributed by atoms with van der Waals surface area (Å²) in [7, 11) is 1.56. The van der Waals surface area contributed by atoms with Crippen LogP contribution in [0.1, 0.15) is 18.4 Å². The quantitative estimate of drug-likeness (QED) is 0.731. The Bertz CT molecular complexity index is 729. The fourth-order valence-electron chi connectivity index (χ4n) is 2.27. The highest BCUT2D eigenvalue weighted by Crippen LogP contribution is 2.25. The maximum absolute atomic E-state index is 12.0. The van der Waals surface area contributed by atoms with Crippen molar-refractivity contribution in [3.63, 3.8) is 0 Å². The Balaban J connectivity index is 1.82. The number of carbonyl (C=O) groups is 2. The van der Waals surface area contributed by atoms with E-state index in [2.05, 4.69) is 5.32 Å². The summed E-state index contributed by atoms with van der Waals surface area (Å²) < 4.78 is 10.8. The molecule has 2 N–H and O–H groups in total. The molecule has 6 nitrogen and oxygen atoms in total. The Labute approximate surface area is 146 Å². The largest absolute Gasteiger partial charge is 0.493 e. The van der Waals surface area contributed by atoms with Crippen LogP contribution in [0, 0.1) is 0 Å². The Kier molecular flexibility index (Phi) is 6.83. The molecule has 0 aliphatic rings. The molecule has 6 heteroatoms. The van der Waals surface area contributed by atoms with Gasteiger partial charge < -0.3 is 19.9 Å². The number of benzene rings is 2. The first kappa shape index (κ1) is 18.3. The van der Waals surface area contributed by atoms with Crippen LogP contribution in [0.25, 0.3) is 0 Å². The van der Waals surface area contributed by atoms with Gasteiger partial charge in [-0.1, -0.05) is 24.3 Å². The van der Waals surface area contributed by atoms with Gasteiger partial charge >= 0.3 is 5.97 Å². The molecule has 0 saturated carbocycles. The number of anilines is 1. The lowest BCUT2D eigenvalue weighted by Crippen LogP contribution is -2.15. The monoisotopic (exact) mass is 343 g/mol. The Hall–Kier alpha value is -3.02. The summed E-state index contributed by atoms with van der Waals surface area (Å²) in [5.41, 5.74) is 1.51. The van der Waals surface area contributed by atoms with Gasteiger partial charge in [0.15, 0.2) is 11.5 Å². The average Bonchev–Trinajstić information content (AvgIpc) is 2.60.